The highest BCUT2D eigenvalue weighted by Crippen LogP contribution is 2.60. The fraction of sp³-hybridized carbons (Fsp3) is 0.714. The van der Waals surface area contributed by atoms with Crippen molar-refractivity contribution >= 4 is 0 Å². The van der Waals surface area contributed by atoms with Crippen LogP contribution in [0.1, 0.15) is 40.2 Å². The lowest BCUT2D eigenvalue weighted by Gasteiger charge is -2.43. The van der Waals surface area contributed by atoms with Crippen molar-refractivity contribution in [3.8, 4) is 0 Å². The summed E-state index contributed by atoms with van der Waals surface area (Å²) in [5.41, 5.74) is -5.72. The van der Waals surface area contributed by atoms with E-state index in [2.05, 4.69) is 9.97 Å². The van der Waals surface area contributed by atoms with Gasteiger partial charge in [-0.15, -0.1) is 0 Å². The van der Waals surface area contributed by atoms with Crippen LogP contribution < -0.4 is 11.2 Å². The van der Waals surface area contributed by atoms with Gasteiger partial charge >= 0.3 is 5.69 Å². The standard InChI is InChI=1S/C14H22N2O5/c1-11(2)13(4,8-6-15-10(19)16-9(8)18)21-12(3,7-17)14(11,5)20/h6,17,20H,7H2,1-5H3,(H2,15,16,18,19)/t12-,13+,14+/m1/s1. The van der Waals surface area contributed by atoms with E-state index < -0.39 is 40.1 Å². The Kier molecular flexibility index (Phi) is 3.25. The van der Waals surface area contributed by atoms with Crippen molar-refractivity contribution in [2.45, 2.75) is 51.4 Å². The first-order chi connectivity index (χ1) is 9.43. The van der Waals surface area contributed by atoms with Crippen molar-refractivity contribution in [2.24, 2.45) is 5.41 Å². The first kappa shape index (κ1) is 15.9. The van der Waals surface area contributed by atoms with Gasteiger partial charge in [0.25, 0.3) is 5.56 Å². The summed E-state index contributed by atoms with van der Waals surface area (Å²) in [7, 11) is 0. The van der Waals surface area contributed by atoms with Gasteiger partial charge in [-0.05, 0) is 20.8 Å². The van der Waals surface area contributed by atoms with E-state index in [0.29, 0.717) is 0 Å². The zero-order valence-electron chi connectivity index (χ0n) is 12.9. The third-order valence-electron chi connectivity index (χ3n) is 5.50. The zero-order chi connectivity index (χ0) is 16.3. The van der Waals surface area contributed by atoms with Crippen molar-refractivity contribution in [2.75, 3.05) is 6.61 Å². The fourth-order valence-electron chi connectivity index (χ4n) is 3.15. The van der Waals surface area contributed by atoms with Gasteiger partial charge in [0.15, 0.2) is 0 Å². The van der Waals surface area contributed by atoms with E-state index >= 15 is 0 Å². The van der Waals surface area contributed by atoms with E-state index in [0.717, 1.165) is 0 Å². The fourth-order valence-corrected chi connectivity index (χ4v) is 3.15. The molecule has 0 aromatic carbocycles. The van der Waals surface area contributed by atoms with Crippen LogP contribution in [0, 0.1) is 5.41 Å². The molecular formula is C14H22N2O5. The molecule has 1 aromatic rings. The third-order valence-corrected chi connectivity index (χ3v) is 5.50. The largest absolute Gasteiger partial charge is 0.393 e. The normalized spacial score (nSPS) is 38.6. The second kappa shape index (κ2) is 4.28. The summed E-state index contributed by atoms with van der Waals surface area (Å²) in [6.07, 6.45) is 1.29. The summed E-state index contributed by atoms with van der Waals surface area (Å²) >= 11 is 0. The Labute approximate surface area is 122 Å². The monoisotopic (exact) mass is 298 g/mol. The van der Waals surface area contributed by atoms with Gasteiger partial charge in [-0.25, -0.2) is 4.79 Å². The minimum atomic E-state index is -1.40. The molecule has 2 rings (SSSR count). The van der Waals surface area contributed by atoms with Crippen LogP contribution >= 0.6 is 0 Å². The average molecular weight is 298 g/mol. The molecule has 1 aliphatic heterocycles. The molecule has 0 unspecified atom stereocenters. The van der Waals surface area contributed by atoms with Gasteiger partial charge in [0.2, 0.25) is 0 Å². The lowest BCUT2D eigenvalue weighted by Crippen LogP contribution is -2.56. The van der Waals surface area contributed by atoms with E-state index in [9.17, 15) is 19.8 Å². The van der Waals surface area contributed by atoms with E-state index in [-0.39, 0.29) is 5.56 Å². The second-order valence-corrected chi connectivity index (χ2v) is 6.71. The number of nitrogens with one attached hydrogen (secondary N) is 2. The highest BCUT2D eigenvalue weighted by atomic mass is 16.6. The number of hydrogen-bond donors (Lipinski definition) is 4. The van der Waals surface area contributed by atoms with E-state index in [1.54, 1.807) is 34.6 Å². The summed E-state index contributed by atoms with van der Waals surface area (Å²) in [5.74, 6) is 0. The van der Waals surface area contributed by atoms with Crippen LogP contribution in [0.4, 0.5) is 0 Å². The number of rotatable bonds is 2. The Hall–Kier alpha value is -1.44. The molecule has 0 amide bonds. The number of aliphatic hydroxyl groups excluding tert-OH is 1. The van der Waals surface area contributed by atoms with E-state index in [4.69, 9.17) is 4.74 Å². The van der Waals surface area contributed by atoms with Gasteiger partial charge in [-0.1, -0.05) is 13.8 Å². The van der Waals surface area contributed by atoms with Gasteiger partial charge in [-0.2, -0.15) is 0 Å². The average Bonchev–Trinajstić information content (AvgIpc) is 2.46. The molecule has 7 heteroatoms. The number of ether oxygens (including phenoxy) is 1. The summed E-state index contributed by atoms with van der Waals surface area (Å²) in [6.45, 7) is 7.97. The molecule has 0 saturated carbocycles. The summed E-state index contributed by atoms with van der Waals surface area (Å²) in [5, 5.41) is 20.6. The van der Waals surface area contributed by atoms with Crippen LogP contribution in [-0.2, 0) is 10.3 Å². The second-order valence-electron chi connectivity index (χ2n) is 6.71. The van der Waals surface area contributed by atoms with Gasteiger partial charge in [0.1, 0.15) is 16.8 Å². The van der Waals surface area contributed by atoms with Crippen LogP contribution in [0.2, 0.25) is 0 Å². The molecular weight excluding hydrogens is 276 g/mol. The van der Waals surface area contributed by atoms with E-state index in [1.165, 1.54) is 6.20 Å². The molecule has 0 spiro atoms. The third kappa shape index (κ3) is 1.77. The van der Waals surface area contributed by atoms with Crippen LogP contribution in [0.25, 0.3) is 0 Å². The maximum Gasteiger partial charge on any atom is 0.325 e. The van der Waals surface area contributed by atoms with Crippen molar-refractivity contribution < 1.29 is 14.9 Å². The summed E-state index contributed by atoms with van der Waals surface area (Å²) in [6, 6.07) is 0. The van der Waals surface area contributed by atoms with Gasteiger partial charge in [0.05, 0.1) is 12.2 Å². The Balaban J connectivity index is 2.73. The minimum Gasteiger partial charge on any atom is -0.393 e. The molecule has 21 heavy (non-hydrogen) atoms. The molecule has 2 heterocycles. The Morgan fingerprint density at radius 2 is 1.76 bits per heavy atom. The van der Waals surface area contributed by atoms with Crippen LogP contribution in [0.3, 0.4) is 0 Å². The first-order valence-corrected chi connectivity index (χ1v) is 6.79. The Morgan fingerprint density at radius 3 is 2.19 bits per heavy atom. The van der Waals surface area contributed by atoms with Crippen molar-refractivity contribution in [1.82, 2.24) is 9.97 Å². The Morgan fingerprint density at radius 1 is 1.19 bits per heavy atom. The predicted octanol–water partition coefficient (Wildman–Crippen LogP) is -0.163. The first-order valence-electron chi connectivity index (χ1n) is 6.79. The number of aromatic amines is 2. The van der Waals surface area contributed by atoms with Gasteiger partial charge in [0, 0.05) is 11.6 Å². The van der Waals surface area contributed by atoms with Gasteiger partial charge < -0.3 is 19.9 Å². The van der Waals surface area contributed by atoms with Crippen LogP contribution in [0.15, 0.2) is 15.8 Å². The molecule has 118 valence electrons. The molecule has 4 N–H and O–H groups in total. The number of H-pyrrole nitrogens is 2. The lowest BCUT2D eigenvalue weighted by atomic mass is 9.62. The SMILES string of the molecule is CC1(C)[C@](C)(c2c[nH]c(=O)[nH]c2=O)O[C@](C)(CO)[C@@]1(C)O. The highest BCUT2D eigenvalue weighted by molar-refractivity contribution is 5.27. The van der Waals surface area contributed by atoms with Crippen molar-refractivity contribution in [3.05, 3.63) is 32.6 Å². The quantitative estimate of drug-likeness (QED) is 0.605. The molecule has 1 fully saturated rings. The van der Waals surface area contributed by atoms with Crippen molar-refractivity contribution in [3.63, 3.8) is 0 Å². The topological polar surface area (TPSA) is 115 Å². The molecule has 0 radical (unpaired) electrons. The minimum absolute atomic E-state index is 0.199. The van der Waals surface area contributed by atoms with Gasteiger partial charge in [-0.3, -0.25) is 9.78 Å². The highest BCUT2D eigenvalue weighted by Gasteiger charge is 2.70. The van der Waals surface area contributed by atoms with Crippen LogP contribution in [-0.4, -0.2) is 38.0 Å². The smallest absolute Gasteiger partial charge is 0.325 e. The molecule has 1 aromatic heterocycles. The molecule has 7 nitrogen and oxygen atoms in total. The summed E-state index contributed by atoms with van der Waals surface area (Å²) < 4.78 is 5.98. The van der Waals surface area contributed by atoms with Crippen molar-refractivity contribution in [1.29, 1.82) is 0 Å². The lowest BCUT2D eigenvalue weighted by molar-refractivity contribution is -0.159. The maximum absolute atomic E-state index is 12.1. The number of hydrogen-bond acceptors (Lipinski definition) is 5. The molecule has 0 bridgehead atoms. The predicted molar refractivity (Wildman–Crippen MR) is 76.0 cm³/mol. The molecule has 1 saturated heterocycles. The molecule has 3 atom stereocenters. The maximum atomic E-state index is 12.1. The number of aliphatic hydroxyl groups is 2. The molecule has 0 aliphatic carbocycles. The van der Waals surface area contributed by atoms with E-state index in [1.807, 2.05) is 0 Å². The Bertz CT molecular complexity index is 674. The summed E-state index contributed by atoms with van der Waals surface area (Å²) in [4.78, 5) is 27.9. The number of aromatic nitrogens is 2. The zero-order valence-corrected chi connectivity index (χ0v) is 12.9. The van der Waals surface area contributed by atoms with Crippen LogP contribution in [0.5, 0.6) is 0 Å². The molecule has 1 aliphatic rings.